The lowest BCUT2D eigenvalue weighted by Gasteiger charge is -2.37. The van der Waals surface area contributed by atoms with E-state index < -0.39 is 34.1 Å². The topological polar surface area (TPSA) is 116 Å². The molecule has 4 aromatic rings. The van der Waals surface area contributed by atoms with Gasteiger partial charge in [-0.3, -0.25) is 24.5 Å². The van der Waals surface area contributed by atoms with E-state index in [0.29, 0.717) is 33.9 Å². The number of nitro groups is 1. The van der Waals surface area contributed by atoms with Crippen LogP contribution in [0.5, 0.6) is 11.5 Å². The van der Waals surface area contributed by atoms with Crippen molar-refractivity contribution in [3.8, 4) is 11.5 Å². The van der Waals surface area contributed by atoms with Gasteiger partial charge in [-0.1, -0.05) is 72.8 Å². The minimum atomic E-state index is -1.71. The van der Waals surface area contributed by atoms with Gasteiger partial charge in [0.2, 0.25) is 0 Å². The summed E-state index contributed by atoms with van der Waals surface area (Å²) < 4.78 is 11.1. The summed E-state index contributed by atoms with van der Waals surface area (Å²) in [5.74, 6) is -1.37. The molecule has 0 unspecified atom stereocenters. The average Bonchev–Trinajstić information content (AvgIpc) is 3.50. The van der Waals surface area contributed by atoms with Crippen molar-refractivity contribution in [2.45, 2.75) is 18.0 Å². The Labute approximate surface area is 252 Å². The standard InChI is InChI=1S/C35H26N2O7/c1-43-27-16-14-21(19-28(27)44-2)30-31(32(38)22-9-7-10-23(18-22)37(41)42)36-26-13-6-3-8-20(26)15-17-29(36)35(30)33(39)24-11-4-5-12-25(24)34(35)40/h3-19,29-31H,1-2H3/t29-,30-,31-/m1/s1. The first-order valence-electron chi connectivity index (χ1n) is 14.1. The molecule has 4 aromatic carbocycles. The first kappa shape index (κ1) is 27.3. The Bertz CT molecular complexity index is 1890. The molecule has 0 N–H and O–H groups in total. The molecule has 0 radical (unpaired) electrons. The van der Waals surface area contributed by atoms with Crippen molar-refractivity contribution in [2.24, 2.45) is 5.41 Å². The molecular formula is C35H26N2O7. The number of benzene rings is 4. The Morgan fingerprint density at radius 1 is 0.841 bits per heavy atom. The first-order chi connectivity index (χ1) is 21.3. The number of non-ortho nitro benzene ring substituents is 1. The van der Waals surface area contributed by atoms with Crippen LogP contribution in [0.25, 0.3) is 6.08 Å². The van der Waals surface area contributed by atoms with Crippen LogP contribution in [0, 0.1) is 15.5 Å². The zero-order chi connectivity index (χ0) is 30.7. The van der Waals surface area contributed by atoms with E-state index in [4.69, 9.17) is 9.47 Å². The molecule has 0 amide bonds. The van der Waals surface area contributed by atoms with Crippen LogP contribution >= 0.6 is 0 Å². The largest absolute Gasteiger partial charge is 0.493 e. The van der Waals surface area contributed by atoms with Gasteiger partial charge in [-0.05, 0) is 29.3 Å². The number of ketones is 3. The monoisotopic (exact) mass is 586 g/mol. The summed E-state index contributed by atoms with van der Waals surface area (Å²) in [6, 6.07) is 23.0. The molecule has 9 nitrogen and oxygen atoms in total. The lowest BCUT2D eigenvalue weighted by Crippen LogP contribution is -2.48. The third-order valence-corrected chi connectivity index (χ3v) is 9.09. The van der Waals surface area contributed by atoms with Gasteiger partial charge in [-0.25, -0.2) is 0 Å². The fourth-order valence-electron chi connectivity index (χ4n) is 7.28. The number of ether oxygens (including phenoxy) is 2. The van der Waals surface area contributed by atoms with Crippen molar-refractivity contribution in [1.29, 1.82) is 0 Å². The highest BCUT2D eigenvalue weighted by Gasteiger charge is 2.71. The molecule has 0 aromatic heterocycles. The van der Waals surface area contributed by atoms with Crippen LogP contribution in [-0.4, -0.2) is 48.6 Å². The van der Waals surface area contributed by atoms with Crippen LogP contribution in [-0.2, 0) is 0 Å². The number of rotatable bonds is 6. The van der Waals surface area contributed by atoms with Gasteiger partial charge in [-0.15, -0.1) is 0 Å². The molecule has 1 spiro atoms. The van der Waals surface area contributed by atoms with Crippen LogP contribution in [0.1, 0.15) is 48.1 Å². The normalized spacial score (nSPS) is 20.7. The number of hydrogen-bond acceptors (Lipinski definition) is 8. The molecular weight excluding hydrogens is 560 g/mol. The zero-order valence-corrected chi connectivity index (χ0v) is 23.8. The van der Waals surface area contributed by atoms with Crippen LogP contribution in [0.3, 0.4) is 0 Å². The second kappa shape index (κ2) is 10.0. The minimum Gasteiger partial charge on any atom is -0.493 e. The van der Waals surface area contributed by atoms with Crippen molar-refractivity contribution in [3.05, 3.63) is 135 Å². The van der Waals surface area contributed by atoms with E-state index in [2.05, 4.69) is 0 Å². The van der Waals surface area contributed by atoms with E-state index >= 15 is 0 Å². The first-order valence-corrected chi connectivity index (χ1v) is 14.1. The maximum Gasteiger partial charge on any atom is 0.270 e. The van der Waals surface area contributed by atoms with Crippen LogP contribution in [0.4, 0.5) is 11.4 Å². The highest BCUT2D eigenvalue weighted by molar-refractivity contribution is 6.32. The molecule has 3 atom stereocenters. The number of fused-ring (bicyclic) bond motifs is 5. The summed E-state index contributed by atoms with van der Waals surface area (Å²) >= 11 is 0. The van der Waals surface area contributed by atoms with Gasteiger partial charge in [0.05, 0.1) is 25.2 Å². The fraction of sp³-hybridized carbons (Fsp3) is 0.171. The molecule has 2 heterocycles. The lowest BCUT2D eigenvalue weighted by molar-refractivity contribution is -0.384. The fourth-order valence-corrected chi connectivity index (χ4v) is 7.28. The van der Waals surface area contributed by atoms with E-state index in [1.807, 2.05) is 41.3 Å². The van der Waals surface area contributed by atoms with E-state index in [1.54, 1.807) is 42.5 Å². The highest BCUT2D eigenvalue weighted by atomic mass is 16.6. The Morgan fingerprint density at radius 3 is 2.20 bits per heavy atom. The van der Waals surface area contributed by atoms with Gasteiger partial charge in [0.15, 0.2) is 28.8 Å². The Hall–Kier alpha value is -5.57. The SMILES string of the molecule is COc1ccc([C@@H]2[C@H](C(=O)c3cccc([N+](=O)[O-])c3)N3c4ccccc4C=C[C@@H]3C23C(=O)c2ccccc2C3=O)cc1OC. The van der Waals surface area contributed by atoms with Crippen molar-refractivity contribution in [1.82, 2.24) is 0 Å². The number of carbonyl (C=O) groups excluding carboxylic acids is 3. The third-order valence-electron chi connectivity index (χ3n) is 9.09. The third kappa shape index (κ3) is 3.62. The van der Waals surface area contributed by atoms with Gasteiger partial charge < -0.3 is 14.4 Å². The van der Waals surface area contributed by atoms with Gasteiger partial charge in [-0.2, -0.15) is 0 Å². The maximum absolute atomic E-state index is 14.8. The van der Waals surface area contributed by atoms with E-state index in [-0.39, 0.29) is 22.8 Å². The molecule has 1 aliphatic carbocycles. The summed E-state index contributed by atoms with van der Waals surface area (Å²) in [6.45, 7) is 0. The Morgan fingerprint density at radius 2 is 1.52 bits per heavy atom. The highest BCUT2D eigenvalue weighted by Crippen LogP contribution is 2.61. The van der Waals surface area contributed by atoms with Crippen LogP contribution in [0.15, 0.2) is 97.1 Å². The molecule has 1 fully saturated rings. The zero-order valence-electron chi connectivity index (χ0n) is 23.8. The number of Topliss-reactive ketones (excluding diaryl/α,β-unsaturated/α-hetero) is 3. The van der Waals surface area contributed by atoms with E-state index in [0.717, 1.165) is 5.56 Å². The lowest BCUT2D eigenvalue weighted by atomic mass is 9.64. The summed E-state index contributed by atoms with van der Waals surface area (Å²) in [5.41, 5.74) is 0.796. The van der Waals surface area contributed by atoms with Crippen LogP contribution in [0.2, 0.25) is 0 Å². The number of anilines is 1. The maximum atomic E-state index is 14.8. The second-order valence-electron chi connectivity index (χ2n) is 11.1. The molecule has 44 heavy (non-hydrogen) atoms. The smallest absolute Gasteiger partial charge is 0.270 e. The Kier molecular flexibility index (Phi) is 6.21. The van der Waals surface area contributed by atoms with Gasteiger partial charge in [0.1, 0.15) is 11.5 Å². The van der Waals surface area contributed by atoms with Gasteiger partial charge in [0, 0.05) is 40.4 Å². The summed E-state index contributed by atoms with van der Waals surface area (Å²) in [7, 11) is 2.99. The summed E-state index contributed by atoms with van der Waals surface area (Å²) in [6.07, 6.45) is 3.71. The number of nitrogens with zero attached hydrogens (tertiary/aromatic N) is 2. The van der Waals surface area contributed by atoms with Crippen LogP contribution < -0.4 is 14.4 Å². The van der Waals surface area contributed by atoms with Gasteiger partial charge >= 0.3 is 0 Å². The predicted molar refractivity (Wildman–Crippen MR) is 163 cm³/mol. The summed E-state index contributed by atoms with van der Waals surface area (Å²) in [4.78, 5) is 57.3. The predicted octanol–water partition coefficient (Wildman–Crippen LogP) is 5.93. The van der Waals surface area contributed by atoms with Gasteiger partial charge in [0.25, 0.3) is 5.69 Å². The Balaban J connectivity index is 1.55. The molecule has 3 aliphatic rings. The minimum absolute atomic E-state index is 0.105. The molecule has 218 valence electrons. The molecule has 7 rings (SSSR count). The second-order valence-corrected chi connectivity index (χ2v) is 11.1. The molecule has 1 saturated heterocycles. The van der Waals surface area contributed by atoms with Crippen molar-refractivity contribution >= 4 is 34.8 Å². The number of para-hydroxylation sites is 1. The number of carbonyl (C=O) groups is 3. The molecule has 0 bridgehead atoms. The summed E-state index contributed by atoms with van der Waals surface area (Å²) in [5, 5.41) is 11.7. The van der Waals surface area contributed by atoms with Crippen molar-refractivity contribution < 1.29 is 28.8 Å². The average molecular weight is 587 g/mol. The number of hydrogen-bond donors (Lipinski definition) is 0. The van der Waals surface area contributed by atoms with Crippen molar-refractivity contribution in [3.63, 3.8) is 0 Å². The number of nitro benzene ring substituents is 1. The van der Waals surface area contributed by atoms with Crippen molar-refractivity contribution in [2.75, 3.05) is 19.1 Å². The van der Waals surface area contributed by atoms with E-state index in [9.17, 15) is 24.5 Å². The quantitative estimate of drug-likeness (QED) is 0.118. The number of methoxy groups -OCH3 is 2. The molecule has 2 aliphatic heterocycles. The molecule has 0 saturated carbocycles. The van der Waals surface area contributed by atoms with E-state index in [1.165, 1.54) is 38.5 Å². The molecule has 9 heteroatoms.